The molecule has 0 aliphatic carbocycles. The number of rotatable bonds is 2. The first-order valence-corrected chi connectivity index (χ1v) is 7.30. The van der Waals surface area contributed by atoms with Crippen molar-refractivity contribution >= 4 is 15.5 Å². The van der Waals surface area contributed by atoms with E-state index in [1.807, 2.05) is 19.1 Å². The SMILES string of the molecule is Cc1cc(-c2ccccn2)c(N)c(S(C)(=O)=O)c1. The van der Waals surface area contributed by atoms with Gasteiger partial charge in [0.15, 0.2) is 9.84 Å². The minimum Gasteiger partial charge on any atom is -0.397 e. The molecule has 0 atom stereocenters. The maximum Gasteiger partial charge on any atom is 0.177 e. The molecular formula is C13H14N2O2S. The highest BCUT2D eigenvalue weighted by molar-refractivity contribution is 7.90. The quantitative estimate of drug-likeness (QED) is 0.841. The number of hydrogen-bond donors (Lipinski definition) is 1. The van der Waals surface area contributed by atoms with Crippen LogP contribution in [0.2, 0.25) is 0 Å². The standard InChI is InChI=1S/C13H14N2O2S/c1-9-7-10(11-5-3-4-6-15-11)13(14)12(8-9)18(2,16)17/h3-8H,14H2,1-2H3. The van der Waals surface area contributed by atoms with E-state index < -0.39 is 9.84 Å². The lowest BCUT2D eigenvalue weighted by Gasteiger charge is -2.11. The molecule has 0 saturated carbocycles. The summed E-state index contributed by atoms with van der Waals surface area (Å²) in [7, 11) is -3.34. The molecule has 94 valence electrons. The van der Waals surface area contributed by atoms with Gasteiger partial charge in [-0.1, -0.05) is 6.07 Å². The Morgan fingerprint density at radius 1 is 1.22 bits per heavy atom. The van der Waals surface area contributed by atoms with Crippen molar-refractivity contribution in [2.75, 3.05) is 12.0 Å². The number of nitrogen functional groups attached to an aromatic ring is 1. The first kappa shape index (κ1) is 12.6. The van der Waals surface area contributed by atoms with Crippen LogP contribution in [0.4, 0.5) is 5.69 Å². The highest BCUT2D eigenvalue weighted by atomic mass is 32.2. The average molecular weight is 262 g/mol. The zero-order valence-electron chi connectivity index (χ0n) is 10.2. The largest absolute Gasteiger partial charge is 0.397 e. The number of aromatic nitrogens is 1. The molecule has 0 radical (unpaired) electrons. The fraction of sp³-hybridized carbons (Fsp3) is 0.154. The summed E-state index contributed by atoms with van der Waals surface area (Å²) in [5.41, 5.74) is 8.36. The summed E-state index contributed by atoms with van der Waals surface area (Å²) in [6.07, 6.45) is 2.80. The van der Waals surface area contributed by atoms with Crippen LogP contribution in [0.5, 0.6) is 0 Å². The van der Waals surface area contributed by atoms with Gasteiger partial charge in [0.2, 0.25) is 0 Å². The Labute approximate surface area is 106 Å². The summed E-state index contributed by atoms with van der Waals surface area (Å²) in [6, 6.07) is 8.86. The van der Waals surface area contributed by atoms with Crippen molar-refractivity contribution in [3.63, 3.8) is 0 Å². The Bertz CT molecular complexity index is 680. The lowest BCUT2D eigenvalue weighted by atomic mass is 10.1. The zero-order chi connectivity index (χ0) is 13.3. The van der Waals surface area contributed by atoms with Crippen LogP contribution in [-0.4, -0.2) is 19.7 Å². The Morgan fingerprint density at radius 3 is 2.50 bits per heavy atom. The van der Waals surface area contributed by atoms with E-state index in [1.54, 1.807) is 24.4 Å². The van der Waals surface area contributed by atoms with Gasteiger partial charge in [0.05, 0.1) is 16.3 Å². The molecule has 0 aliphatic rings. The van der Waals surface area contributed by atoms with Crippen molar-refractivity contribution < 1.29 is 8.42 Å². The summed E-state index contributed by atoms with van der Waals surface area (Å²) in [6.45, 7) is 1.83. The summed E-state index contributed by atoms with van der Waals surface area (Å²) in [4.78, 5) is 4.35. The van der Waals surface area contributed by atoms with Gasteiger partial charge in [-0.3, -0.25) is 4.98 Å². The molecule has 1 aromatic heterocycles. The number of benzene rings is 1. The smallest absolute Gasteiger partial charge is 0.177 e. The van der Waals surface area contributed by atoms with Crippen molar-refractivity contribution in [2.45, 2.75) is 11.8 Å². The number of anilines is 1. The fourth-order valence-corrected chi connectivity index (χ4v) is 2.71. The van der Waals surface area contributed by atoms with Crippen LogP contribution in [0.25, 0.3) is 11.3 Å². The summed E-state index contributed by atoms with van der Waals surface area (Å²) in [5.74, 6) is 0. The molecule has 2 rings (SSSR count). The number of aryl methyl sites for hydroxylation is 1. The average Bonchev–Trinajstić information content (AvgIpc) is 2.31. The molecule has 0 bridgehead atoms. The van der Waals surface area contributed by atoms with Crippen LogP contribution >= 0.6 is 0 Å². The molecule has 0 fully saturated rings. The Kier molecular flexibility index (Phi) is 3.09. The van der Waals surface area contributed by atoms with Gasteiger partial charge in [0.1, 0.15) is 0 Å². The Hall–Kier alpha value is -1.88. The molecule has 1 heterocycles. The van der Waals surface area contributed by atoms with Gasteiger partial charge < -0.3 is 5.73 Å². The van der Waals surface area contributed by atoms with Gasteiger partial charge in [-0.05, 0) is 36.8 Å². The third-order valence-electron chi connectivity index (χ3n) is 2.63. The zero-order valence-corrected chi connectivity index (χ0v) is 11.0. The highest BCUT2D eigenvalue weighted by Crippen LogP contribution is 2.31. The van der Waals surface area contributed by atoms with Crippen LogP contribution in [0, 0.1) is 6.92 Å². The van der Waals surface area contributed by atoms with Crippen molar-refractivity contribution in [3.05, 3.63) is 42.1 Å². The normalized spacial score (nSPS) is 11.4. The molecule has 0 aliphatic heterocycles. The molecule has 0 amide bonds. The van der Waals surface area contributed by atoms with E-state index in [2.05, 4.69) is 4.98 Å². The predicted molar refractivity (Wildman–Crippen MR) is 71.9 cm³/mol. The van der Waals surface area contributed by atoms with Crippen molar-refractivity contribution in [2.24, 2.45) is 0 Å². The number of nitrogens with two attached hydrogens (primary N) is 1. The molecule has 2 aromatic rings. The number of pyridine rings is 1. The van der Waals surface area contributed by atoms with Gasteiger partial charge >= 0.3 is 0 Å². The second kappa shape index (κ2) is 4.42. The first-order chi connectivity index (χ1) is 8.39. The minimum absolute atomic E-state index is 0.156. The number of hydrogen-bond acceptors (Lipinski definition) is 4. The van der Waals surface area contributed by atoms with Crippen molar-refractivity contribution in [1.29, 1.82) is 0 Å². The molecule has 0 unspecified atom stereocenters. The maximum atomic E-state index is 11.7. The van der Waals surface area contributed by atoms with E-state index in [4.69, 9.17) is 5.73 Å². The number of nitrogens with zero attached hydrogens (tertiary/aromatic N) is 1. The molecule has 5 heteroatoms. The first-order valence-electron chi connectivity index (χ1n) is 5.41. The van der Waals surface area contributed by atoms with E-state index in [0.717, 1.165) is 11.8 Å². The number of sulfone groups is 1. The van der Waals surface area contributed by atoms with E-state index in [-0.39, 0.29) is 10.6 Å². The van der Waals surface area contributed by atoms with E-state index in [9.17, 15) is 8.42 Å². The van der Waals surface area contributed by atoms with E-state index in [0.29, 0.717) is 11.3 Å². The Morgan fingerprint density at radius 2 is 1.94 bits per heavy atom. The van der Waals surface area contributed by atoms with Crippen LogP contribution in [0.3, 0.4) is 0 Å². The third-order valence-corrected chi connectivity index (χ3v) is 3.76. The lowest BCUT2D eigenvalue weighted by molar-refractivity contribution is 0.602. The van der Waals surface area contributed by atoms with Gasteiger partial charge in [-0.15, -0.1) is 0 Å². The summed E-state index contributed by atoms with van der Waals surface area (Å²) >= 11 is 0. The van der Waals surface area contributed by atoms with Gasteiger partial charge in [0.25, 0.3) is 0 Å². The lowest BCUT2D eigenvalue weighted by Crippen LogP contribution is -2.05. The predicted octanol–water partition coefficient (Wildman–Crippen LogP) is 2.04. The van der Waals surface area contributed by atoms with Gasteiger partial charge in [0, 0.05) is 18.0 Å². The van der Waals surface area contributed by atoms with Gasteiger partial charge in [-0.25, -0.2) is 8.42 Å². The molecular weight excluding hydrogens is 248 g/mol. The minimum atomic E-state index is -3.34. The third kappa shape index (κ3) is 2.36. The van der Waals surface area contributed by atoms with E-state index >= 15 is 0 Å². The summed E-state index contributed by atoms with van der Waals surface area (Å²) in [5, 5.41) is 0. The van der Waals surface area contributed by atoms with Crippen LogP contribution < -0.4 is 5.73 Å². The fourth-order valence-electron chi connectivity index (χ4n) is 1.81. The van der Waals surface area contributed by atoms with Crippen molar-refractivity contribution in [1.82, 2.24) is 4.98 Å². The molecule has 18 heavy (non-hydrogen) atoms. The second-order valence-electron chi connectivity index (χ2n) is 4.21. The second-order valence-corrected chi connectivity index (χ2v) is 6.20. The Balaban J connectivity index is 2.75. The van der Waals surface area contributed by atoms with Crippen LogP contribution in [0.15, 0.2) is 41.4 Å². The molecule has 1 aromatic carbocycles. The van der Waals surface area contributed by atoms with E-state index in [1.165, 1.54) is 0 Å². The van der Waals surface area contributed by atoms with Crippen LogP contribution in [-0.2, 0) is 9.84 Å². The highest BCUT2D eigenvalue weighted by Gasteiger charge is 2.16. The van der Waals surface area contributed by atoms with Crippen LogP contribution in [0.1, 0.15) is 5.56 Å². The van der Waals surface area contributed by atoms with Crippen molar-refractivity contribution in [3.8, 4) is 11.3 Å². The monoisotopic (exact) mass is 262 g/mol. The molecule has 4 nitrogen and oxygen atoms in total. The molecule has 2 N–H and O–H groups in total. The molecule has 0 saturated heterocycles. The maximum absolute atomic E-state index is 11.7. The van der Waals surface area contributed by atoms with Gasteiger partial charge in [-0.2, -0.15) is 0 Å². The summed E-state index contributed by atoms with van der Waals surface area (Å²) < 4.78 is 23.4. The molecule has 0 spiro atoms. The topological polar surface area (TPSA) is 73.0 Å².